The van der Waals surface area contributed by atoms with Crippen molar-refractivity contribution in [1.82, 2.24) is 4.90 Å². The van der Waals surface area contributed by atoms with E-state index in [1.165, 1.54) is 4.90 Å². The predicted molar refractivity (Wildman–Crippen MR) is 81.2 cm³/mol. The first kappa shape index (κ1) is 15.8. The second-order valence-corrected chi connectivity index (χ2v) is 5.81. The van der Waals surface area contributed by atoms with E-state index in [1.807, 2.05) is 13.0 Å². The first-order chi connectivity index (χ1) is 9.90. The molecular formula is C15H19ClN2O3. The van der Waals surface area contributed by atoms with Gasteiger partial charge in [0.2, 0.25) is 0 Å². The number of likely N-dealkylation sites (tertiary alicyclic amines) is 1. The second-order valence-electron chi connectivity index (χ2n) is 5.43. The van der Waals surface area contributed by atoms with Crippen molar-refractivity contribution in [2.24, 2.45) is 5.92 Å². The number of aliphatic hydroxyl groups is 1. The fourth-order valence-corrected chi connectivity index (χ4v) is 2.60. The molecule has 1 saturated heterocycles. The highest BCUT2D eigenvalue weighted by Gasteiger charge is 2.32. The van der Waals surface area contributed by atoms with Crippen molar-refractivity contribution in [2.75, 3.05) is 18.4 Å². The molecule has 5 nitrogen and oxygen atoms in total. The van der Waals surface area contributed by atoms with Crippen molar-refractivity contribution in [3.8, 4) is 0 Å². The number of aryl methyl sites for hydroxylation is 1. The largest absolute Gasteiger partial charge is 0.393 e. The number of carbonyl (C=O) groups excluding carboxylic acids is 2. The second kappa shape index (κ2) is 6.45. The highest BCUT2D eigenvalue weighted by atomic mass is 35.5. The summed E-state index contributed by atoms with van der Waals surface area (Å²) >= 11 is 6.09. The number of nitrogens with one attached hydrogen (secondary N) is 1. The van der Waals surface area contributed by atoms with Gasteiger partial charge in [0.15, 0.2) is 0 Å². The van der Waals surface area contributed by atoms with Crippen LogP contribution in [0.15, 0.2) is 18.2 Å². The number of rotatable bonds is 2. The average molecular weight is 311 g/mol. The summed E-state index contributed by atoms with van der Waals surface area (Å²) < 4.78 is 0. The molecule has 1 aliphatic heterocycles. The average Bonchev–Trinajstić information content (AvgIpc) is 2.93. The molecule has 2 rings (SSSR count). The molecule has 6 heteroatoms. The van der Waals surface area contributed by atoms with Gasteiger partial charge >= 0.3 is 11.8 Å². The van der Waals surface area contributed by atoms with Gasteiger partial charge in [0, 0.05) is 19.0 Å². The Balaban J connectivity index is 2.01. The van der Waals surface area contributed by atoms with Crippen LogP contribution in [0.5, 0.6) is 0 Å². The zero-order chi connectivity index (χ0) is 15.6. The van der Waals surface area contributed by atoms with Gasteiger partial charge in [-0.2, -0.15) is 0 Å². The number of aliphatic hydroxyl groups excluding tert-OH is 1. The van der Waals surface area contributed by atoms with E-state index in [1.54, 1.807) is 19.1 Å². The Hall–Kier alpha value is -1.59. The van der Waals surface area contributed by atoms with Crippen LogP contribution in [-0.4, -0.2) is 41.0 Å². The van der Waals surface area contributed by atoms with Crippen LogP contribution in [0.1, 0.15) is 18.9 Å². The van der Waals surface area contributed by atoms with E-state index in [0.29, 0.717) is 30.2 Å². The normalized spacial score (nSPS) is 19.4. The third kappa shape index (κ3) is 3.54. The van der Waals surface area contributed by atoms with Crippen LogP contribution in [0.3, 0.4) is 0 Å². The van der Waals surface area contributed by atoms with E-state index in [0.717, 1.165) is 5.56 Å². The zero-order valence-electron chi connectivity index (χ0n) is 12.1. The monoisotopic (exact) mass is 310 g/mol. The molecule has 2 atom stereocenters. The topological polar surface area (TPSA) is 69.6 Å². The highest BCUT2D eigenvalue weighted by Crippen LogP contribution is 2.25. The summed E-state index contributed by atoms with van der Waals surface area (Å²) in [6.07, 6.45) is 0.235. The van der Waals surface area contributed by atoms with Crippen LogP contribution in [0, 0.1) is 12.8 Å². The minimum Gasteiger partial charge on any atom is -0.393 e. The van der Waals surface area contributed by atoms with Crippen LogP contribution in [0.25, 0.3) is 0 Å². The summed E-state index contributed by atoms with van der Waals surface area (Å²) in [6, 6.07) is 5.25. The van der Waals surface area contributed by atoms with Gasteiger partial charge in [0.1, 0.15) is 0 Å². The van der Waals surface area contributed by atoms with Gasteiger partial charge in [-0.3, -0.25) is 9.59 Å². The third-order valence-corrected chi connectivity index (χ3v) is 4.33. The molecule has 1 heterocycles. The van der Waals surface area contributed by atoms with Crippen molar-refractivity contribution >= 4 is 29.1 Å². The van der Waals surface area contributed by atoms with E-state index in [2.05, 4.69) is 5.32 Å². The van der Waals surface area contributed by atoms with Crippen molar-refractivity contribution in [1.29, 1.82) is 0 Å². The van der Waals surface area contributed by atoms with Gasteiger partial charge < -0.3 is 15.3 Å². The fourth-order valence-electron chi connectivity index (χ4n) is 2.43. The highest BCUT2D eigenvalue weighted by molar-refractivity contribution is 6.41. The maximum absolute atomic E-state index is 12.1. The minimum atomic E-state index is -0.700. The summed E-state index contributed by atoms with van der Waals surface area (Å²) in [5.74, 6) is -1.26. The van der Waals surface area contributed by atoms with Crippen LogP contribution in [0.2, 0.25) is 5.02 Å². The fraction of sp³-hybridized carbons (Fsp3) is 0.467. The molecule has 0 saturated carbocycles. The Kier molecular flexibility index (Phi) is 4.85. The van der Waals surface area contributed by atoms with Crippen molar-refractivity contribution in [2.45, 2.75) is 26.4 Å². The summed E-state index contributed by atoms with van der Waals surface area (Å²) in [6.45, 7) is 4.42. The van der Waals surface area contributed by atoms with Crippen LogP contribution >= 0.6 is 11.6 Å². The van der Waals surface area contributed by atoms with E-state index in [-0.39, 0.29) is 5.92 Å². The van der Waals surface area contributed by atoms with E-state index in [9.17, 15) is 14.7 Å². The standard InChI is InChI=1S/C15H19ClN2O3/c1-9-4-3-5-12(13(9)16)17-14(20)15(21)18-7-6-11(8-18)10(2)19/h3-5,10-11,19H,6-8H2,1-2H3,(H,17,20). The van der Waals surface area contributed by atoms with Gasteiger partial charge in [0.05, 0.1) is 16.8 Å². The lowest BCUT2D eigenvalue weighted by atomic mass is 10.0. The molecule has 1 fully saturated rings. The Morgan fingerprint density at radius 2 is 2.19 bits per heavy atom. The number of amides is 2. The van der Waals surface area contributed by atoms with Crippen molar-refractivity contribution < 1.29 is 14.7 Å². The molecule has 2 unspecified atom stereocenters. The molecule has 1 aromatic rings. The molecule has 2 N–H and O–H groups in total. The third-order valence-electron chi connectivity index (χ3n) is 3.83. The Labute approximate surface area is 128 Å². The molecule has 1 aliphatic rings. The molecule has 114 valence electrons. The summed E-state index contributed by atoms with van der Waals surface area (Å²) in [5.41, 5.74) is 1.26. The van der Waals surface area contributed by atoms with Crippen LogP contribution < -0.4 is 5.32 Å². The van der Waals surface area contributed by atoms with E-state index >= 15 is 0 Å². The van der Waals surface area contributed by atoms with Crippen molar-refractivity contribution in [3.05, 3.63) is 28.8 Å². The molecule has 0 radical (unpaired) electrons. The van der Waals surface area contributed by atoms with E-state index in [4.69, 9.17) is 11.6 Å². The number of hydrogen-bond acceptors (Lipinski definition) is 3. The van der Waals surface area contributed by atoms with Gasteiger partial charge in [-0.1, -0.05) is 23.7 Å². The number of hydrogen-bond donors (Lipinski definition) is 2. The maximum Gasteiger partial charge on any atom is 0.313 e. The molecule has 1 aromatic carbocycles. The lowest BCUT2D eigenvalue weighted by Gasteiger charge is -2.17. The number of nitrogens with zero attached hydrogens (tertiary/aromatic N) is 1. The number of carbonyl (C=O) groups is 2. The number of halogens is 1. The van der Waals surface area contributed by atoms with Gasteiger partial charge in [-0.05, 0) is 31.9 Å². The number of anilines is 1. The van der Waals surface area contributed by atoms with Gasteiger partial charge in [0.25, 0.3) is 0 Å². The maximum atomic E-state index is 12.1. The zero-order valence-corrected chi connectivity index (χ0v) is 12.9. The van der Waals surface area contributed by atoms with E-state index < -0.39 is 17.9 Å². The molecule has 0 bridgehead atoms. The summed E-state index contributed by atoms with van der Waals surface area (Å²) in [7, 11) is 0. The van der Waals surface area contributed by atoms with Gasteiger partial charge in [-0.15, -0.1) is 0 Å². The van der Waals surface area contributed by atoms with Crippen LogP contribution in [0.4, 0.5) is 5.69 Å². The molecule has 21 heavy (non-hydrogen) atoms. The Morgan fingerprint density at radius 3 is 2.81 bits per heavy atom. The minimum absolute atomic E-state index is 0.0318. The lowest BCUT2D eigenvalue weighted by Crippen LogP contribution is -2.39. The predicted octanol–water partition coefficient (Wildman–Crippen LogP) is 1.82. The Bertz CT molecular complexity index is 560. The molecule has 2 amide bonds. The Morgan fingerprint density at radius 1 is 1.48 bits per heavy atom. The lowest BCUT2D eigenvalue weighted by molar-refractivity contribution is -0.142. The van der Waals surface area contributed by atoms with Crippen LogP contribution in [-0.2, 0) is 9.59 Å². The first-order valence-electron chi connectivity index (χ1n) is 6.93. The molecule has 0 aliphatic carbocycles. The molecule has 0 aromatic heterocycles. The first-order valence-corrected chi connectivity index (χ1v) is 7.31. The number of benzene rings is 1. The smallest absolute Gasteiger partial charge is 0.313 e. The summed E-state index contributed by atoms with van der Waals surface area (Å²) in [4.78, 5) is 25.6. The summed E-state index contributed by atoms with van der Waals surface area (Å²) in [5, 5.41) is 12.5. The molecular weight excluding hydrogens is 292 g/mol. The van der Waals surface area contributed by atoms with Crippen molar-refractivity contribution in [3.63, 3.8) is 0 Å². The molecule has 0 spiro atoms. The SMILES string of the molecule is Cc1cccc(NC(=O)C(=O)N2CCC(C(C)O)C2)c1Cl. The van der Waals surface area contributed by atoms with Gasteiger partial charge in [-0.25, -0.2) is 0 Å². The quantitative estimate of drug-likeness (QED) is 0.819.